The number of aromatic nitrogens is 2. The summed E-state index contributed by atoms with van der Waals surface area (Å²) in [6.07, 6.45) is 1.88. The van der Waals surface area contributed by atoms with Gasteiger partial charge in [0.05, 0.1) is 5.56 Å². The summed E-state index contributed by atoms with van der Waals surface area (Å²) in [5.41, 5.74) is 7.36. The molecule has 0 atom stereocenters. The Balaban J connectivity index is 1.87. The topological polar surface area (TPSA) is 74.2 Å². The zero-order valence-electron chi connectivity index (χ0n) is 10.3. The molecule has 1 aromatic carbocycles. The lowest BCUT2D eigenvalue weighted by molar-refractivity contribution is 0.0830. The summed E-state index contributed by atoms with van der Waals surface area (Å²) in [6, 6.07) is 5.61. The summed E-state index contributed by atoms with van der Waals surface area (Å²) in [5, 5.41) is 4.07. The van der Waals surface area contributed by atoms with Gasteiger partial charge in [0.1, 0.15) is 0 Å². The second kappa shape index (κ2) is 5.30. The Bertz CT molecular complexity index is 579. The third-order valence-electron chi connectivity index (χ3n) is 3.27. The molecule has 1 fully saturated rings. The number of nitrogens with two attached hydrogens (primary N) is 1. The molecule has 0 unspecified atom stereocenters. The molecule has 1 aromatic heterocycles. The molecular formula is C13H14BrN3O2. The Morgan fingerprint density at radius 3 is 2.79 bits per heavy atom. The van der Waals surface area contributed by atoms with Gasteiger partial charge in [0.15, 0.2) is 5.82 Å². The minimum atomic E-state index is 0.322. The molecule has 1 saturated heterocycles. The lowest BCUT2D eigenvalue weighted by atomic mass is 10.00. The Kier molecular flexibility index (Phi) is 3.52. The van der Waals surface area contributed by atoms with Crippen molar-refractivity contribution in [2.24, 2.45) is 0 Å². The van der Waals surface area contributed by atoms with E-state index < -0.39 is 0 Å². The number of ether oxygens (including phenoxy) is 1. The van der Waals surface area contributed by atoms with Crippen molar-refractivity contribution in [2.45, 2.75) is 18.8 Å². The normalized spacial score (nSPS) is 16.7. The van der Waals surface area contributed by atoms with Crippen molar-refractivity contribution < 1.29 is 9.26 Å². The van der Waals surface area contributed by atoms with Gasteiger partial charge >= 0.3 is 0 Å². The van der Waals surface area contributed by atoms with Gasteiger partial charge < -0.3 is 15.0 Å². The van der Waals surface area contributed by atoms with Crippen LogP contribution in [0.2, 0.25) is 0 Å². The molecule has 0 bridgehead atoms. The van der Waals surface area contributed by atoms with Crippen LogP contribution < -0.4 is 5.73 Å². The smallest absolute Gasteiger partial charge is 0.260 e. The Morgan fingerprint density at radius 2 is 2.05 bits per heavy atom. The van der Waals surface area contributed by atoms with Crippen LogP contribution in [-0.4, -0.2) is 23.4 Å². The molecule has 2 aromatic rings. The lowest BCUT2D eigenvalue weighted by Gasteiger charge is -2.18. The van der Waals surface area contributed by atoms with Gasteiger partial charge in [-0.15, -0.1) is 0 Å². The first kappa shape index (κ1) is 12.6. The minimum absolute atomic E-state index is 0.322. The summed E-state index contributed by atoms with van der Waals surface area (Å²) in [5.74, 6) is 1.55. The van der Waals surface area contributed by atoms with Crippen LogP contribution in [0.3, 0.4) is 0 Å². The van der Waals surface area contributed by atoms with Crippen molar-refractivity contribution in [3.05, 3.63) is 28.5 Å². The van der Waals surface area contributed by atoms with Crippen molar-refractivity contribution in [1.29, 1.82) is 0 Å². The maximum atomic E-state index is 5.96. The van der Waals surface area contributed by atoms with Crippen LogP contribution >= 0.6 is 15.9 Å². The van der Waals surface area contributed by atoms with Crippen molar-refractivity contribution in [2.75, 3.05) is 18.9 Å². The highest BCUT2D eigenvalue weighted by molar-refractivity contribution is 9.10. The van der Waals surface area contributed by atoms with E-state index in [9.17, 15) is 0 Å². The second-order valence-corrected chi connectivity index (χ2v) is 5.49. The van der Waals surface area contributed by atoms with Crippen LogP contribution in [0.15, 0.2) is 27.2 Å². The fourth-order valence-corrected chi connectivity index (χ4v) is 2.57. The fourth-order valence-electron chi connectivity index (χ4n) is 2.19. The minimum Gasteiger partial charge on any atom is -0.398 e. The van der Waals surface area contributed by atoms with Crippen molar-refractivity contribution in [1.82, 2.24) is 10.1 Å². The van der Waals surface area contributed by atoms with Crippen molar-refractivity contribution in [3.63, 3.8) is 0 Å². The Hall–Kier alpha value is -1.40. The number of hydrogen-bond donors (Lipinski definition) is 1. The molecule has 0 spiro atoms. The van der Waals surface area contributed by atoms with E-state index in [-0.39, 0.29) is 0 Å². The van der Waals surface area contributed by atoms with Gasteiger partial charge in [0.25, 0.3) is 5.89 Å². The molecule has 100 valence electrons. The first-order chi connectivity index (χ1) is 9.24. The average molecular weight is 324 g/mol. The van der Waals surface area contributed by atoms with Gasteiger partial charge in [0.2, 0.25) is 0 Å². The molecule has 0 aliphatic carbocycles. The maximum Gasteiger partial charge on any atom is 0.260 e. The van der Waals surface area contributed by atoms with Gasteiger partial charge in [-0.1, -0.05) is 21.1 Å². The van der Waals surface area contributed by atoms with E-state index in [0.29, 0.717) is 17.5 Å². The number of nitrogens with zero attached hydrogens (tertiary/aromatic N) is 2. The Morgan fingerprint density at radius 1 is 1.26 bits per heavy atom. The van der Waals surface area contributed by atoms with Gasteiger partial charge in [0, 0.05) is 29.3 Å². The van der Waals surface area contributed by atoms with Crippen LogP contribution in [0.1, 0.15) is 24.6 Å². The predicted molar refractivity (Wildman–Crippen MR) is 74.6 cm³/mol. The molecule has 0 radical (unpaired) electrons. The molecule has 0 saturated carbocycles. The summed E-state index contributed by atoms with van der Waals surface area (Å²) < 4.78 is 11.6. The molecule has 6 heteroatoms. The van der Waals surface area contributed by atoms with E-state index in [4.69, 9.17) is 15.0 Å². The number of benzene rings is 1. The number of nitrogen functional groups attached to an aromatic ring is 1. The van der Waals surface area contributed by atoms with Gasteiger partial charge in [-0.25, -0.2) is 0 Å². The van der Waals surface area contributed by atoms with Crippen LogP contribution in [0.4, 0.5) is 5.69 Å². The zero-order chi connectivity index (χ0) is 13.2. The number of halogens is 1. The number of rotatable bonds is 2. The summed E-state index contributed by atoms with van der Waals surface area (Å²) in [7, 11) is 0. The maximum absolute atomic E-state index is 5.96. The molecule has 1 aliphatic rings. The highest BCUT2D eigenvalue weighted by Crippen LogP contribution is 2.30. The summed E-state index contributed by atoms with van der Waals surface area (Å²) in [4.78, 5) is 4.47. The van der Waals surface area contributed by atoms with E-state index >= 15 is 0 Å². The van der Waals surface area contributed by atoms with Crippen LogP contribution in [-0.2, 0) is 4.74 Å². The van der Waals surface area contributed by atoms with Crippen LogP contribution in [0.25, 0.3) is 11.5 Å². The standard InChI is InChI=1S/C13H14BrN3O2/c14-9-1-2-10(11(15)7-9)13-16-12(17-19-13)8-3-5-18-6-4-8/h1-2,7-8H,3-6,15H2. The molecule has 0 amide bonds. The zero-order valence-corrected chi connectivity index (χ0v) is 11.9. The highest BCUT2D eigenvalue weighted by Gasteiger charge is 2.22. The second-order valence-electron chi connectivity index (χ2n) is 4.58. The van der Waals surface area contributed by atoms with E-state index in [1.54, 1.807) is 0 Å². The van der Waals surface area contributed by atoms with E-state index in [1.807, 2.05) is 18.2 Å². The molecular weight excluding hydrogens is 310 g/mol. The highest BCUT2D eigenvalue weighted by atomic mass is 79.9. The average Bonchev–Trinajstić information content (AvgIpc) is 2.89. The predicted octanol–water partition coefficient (Wildman–Crippen LogP) is 2.98. The van der Waals surface area contributed by atoms with Gasteiger partial charge in [-0.2, -0.15) is 4.98 Å². The van der Waals surface area contributed by atoms with E-state index in [1.165, 1.54) is 0 Å². The fraction of sp³-hybridized carbons (Fsp3) is 0.385. The number of hydrogen-bond acceptors (Lipinski definition) is 5. The molecule has 1 aliphatic heterocycles. The van der Waals surface area contributed by atoms with Crippen LogP contribution in [0, 0.1) is 0 Å². The third-order valence-corrected chi connectivity index (χ3v) is 3.77. The van der Waals surface area contributed by atoms with Crippen molar-refractivity contribution >= 4 is 21.6 Å². The monoisotopic (exact) mass is 323 g/mol. The third kappa shape index (κ3) is 2.64. The molecule has 19 heavy (non-hydrogen) atoms. The number of anilines is 1. The largest absolute Gasteiger partial charge is 0.398 e. The molecule has 5 nitrogen and oxygen atoms in total. The Labute approximate surface area is 119 Å². The van der Waals surface area contributed by atoms with E-state index in [0.717, 1.165) is 41.9 Å². The van der Waals surface area contributed by atoms with Crippen LogP contribution in [0.5, 0.6) is 0 Å². The SMILES string of the molecule is Nc1cc(Br)ccc1-c1nc(C2CCOCC2)no1. The first-order valence-corrected chi connectivity index (χ1v) is 7.00. The molecule has 2 heterocycles. The van der Waals surface area contributed by atoms with E-state index in [2.05, 4.69) is 26.1 Å². The molecule has 3 rings (SSSR count). The summed E-state index contributed by atoms with van der Waals surface area (Å²) in [6.45, 7) is 1.52. The van der Waals surface area contributed by atoms with Gasteiger partial charge in [-0.3, -0.25) is 0 Å². The summed E-state index contributed by atoms with van der Waals surface area (Å²) >= 11 is 3.38. The molecule has 2 N–H and O–H groups in total. The van der Waals surface area contributed by atoms with Crippen molar-refractivity contribution in [3.8, 4) is 11.5 Å². The quantitative estimate of drug-likeness (QED) is 0.860. The lowest BCUT2D eigenvalue weighted by Crippen LogP contribution is -2.15. The van der Waals surface area contributed by atoms with Gasteiger partial charge in [-0.05, 0) is 31.0 Å². The first-order valence-electron chi connectivity index (χ1n) is 6.21.